The van der Waals surface area contributed by atoms with E-state index in [1.54, 1.807) is 6.07 Å². The van der Waals surface area contributed by atoms with Gasteiger partial charge in [0.1, 0.15) is 12.4 Å². The Labute approximate surface area is 95.6 Å². The summed E-state index contributed by atoms with van der Waals surface area (Å²) >= 11 is 3.29. The van der Waals surface area contributed by atoms with E-state index in [-0.39, 0.29) is 24.3 Å². The molecule has 1 heterocycles. The molecule has 80 valence electrons. The number of Topliss-reactive ketones (excluding diaryl/α,β-unsaturated/α-hetero) is 1. The monoisotopic (exact) mass is 272 g/mol. The van der Waals surface area contributed by atoms with Gasteiger partial charge in [-0.25, -0.2) is 4.39 Å². The molecule has 0 aliphatic carbocycles. The zero-order valence-corrected chi connectivity index (χ0v) is 9.59. The molecule has 2 rings (SSSR count). The fraction of sp³-hybridized carbons (Fsp3) is 0.364. The smallest absolute Gasteiger partial charge is 0.158 e. The first-order valence-corrected chi connectivity index (χ1v) is 5.54. The average Bonchev–Trinajstić information content (AvgIpc) is 2.20. The minimum absolute atomic E-state index is 0.0994. The third kappa shape index (κ3) is 2.44. The zero-order chi connectivity index (χ0) is 10.8. The molecule has 1 aromatic carbocycles. The lowest BCUT2D eigenvalue weighted by Gasteiger charge is -2.23. The molecule has 1 saturated heterocycles. The standard InChI is InChI=1S/C11H10BrFO2/c12-10-5-7(13)1-3-9(10)11-4-2-8(14)6-15-11/h1,3,5,11H,2,4,6H2. The largest absolute Gasteiger partial charge is 0.366 e. The summed E-state index contributed by atoms with van der Waals surface area (Å²) in [5.41, 5.74) is 0.906. The van der Waals surface area contributed by atoms with Crippen LogP contribution >= 0.6 is 15.9 Å². The van der Waals surface area contributed by atoms with Gasteiger partial charge < -0.3 is 4.74 Å². The van der Waals surface area contributed by atoms with E-state index >= 15 is 0 Å². The molecule has 0 radical (unpaired) electrons. The van der Waals surface area contributed by atoms with Gasteiger partial charge in [-0.15, -0.1) is 0 Å². The number of hydrogen-bond acceptors (Lipinski definition) is 2. The number of halogens is 2. The Morgan fingerprint density at radius 3 is 2.87 bits per heavy atom. The second-order valence-electron chi connectivity index (χ2n) is 3.54. The molecule has 15 heavy (non-hydrogen) atoms. The molecule has 0 N–H and O–H groups in total. The molecule has 4 heteroatoms. The normalized spacial score (nSPS) is 21.7. The van der Waals surface area contributed by atoms with Gasteiger partial charge >= 0.3 is 0 Å². The average molecular weight is 273 g/mol. The molecule has 1 aliphatic heterocycles. The van der Waals surface area contributed by atoms with E-state index in [1.165, 1.54) is 12.1 Å². The molecule has 1 aliphatic rings. The number of hydrogen-bond donors (Lipinski definition) is 0. The van der Waals surface area contributed by atoms with Gasteiger partial charge in [0.05, 0.1) is 6.10 Å². The summed E-state index contributed by atoms with van der Waals surface area (Å²) in [5, 5.41) is 0. The maximum absolute atomic E-state index is 12.9. The third-order valence-electron chi connectivity index (χ3n) is 2.44. The molecule has 2 nitrogen and oxygen atoms in total. The Morgan fingerprint density at radius 1 is 1.47 bits per heavy atom. The molecule has 1 unspecified atom stereocenters. The van der Waals surface area contributed by atoms with Crippen LogP contribution in [-0.2, 0) is 9.53 Å². The molecule has 0 amide bonds. The number of carbonyl (C=O) groups excluding carboxylic acids is 1. The van der Waals surface area contributed by atoms with Gasteiger partial charge in [-0.2, -0.15) is 0 Å². The van der Waals surface area contributed by atoms with Crippen LogP contribution in [0.15, 0.2) is 22.7 Å². The van der Waals surface area contributed by atoms with Crippen molar-refractivity contribution in [3.05, 3.63) is 34.1 Å². The lowest BCUT2D eigenvalue weighted by Crippen LogP contribution is -2.20. The van der Waals surface area contributed by atoms with Crippen LogP contribution in [0.2, 0.25) is 0 Å². The molecule has 0 saturated carbocycles. The van der Waals surface area contributed by atoms with Crippen molar-refractivity contribution < 1.29 is 13.9 Å². The van der Waals surface area contributed by atoms with E-state index in [0.29, 0.717) is 17.3 Å². The Hall–Kier alpha value is -0.740. The van der Waals surface area contributed by atoms with Crippen LogP contribution in [0.3, 0.4) is 0 Å². The number of carbonyl (C=O) groups is 1. The highest BCUT2D eigenvalue weighted by Gasteiger charge is 2.22. The van der Waals surface area contributed by atoms with Crippen molar-refractivity contribution in [2.75, 3.05) is 6.61 Å². The fourth-order valence-corrected chi connectivity index (χ4v) is 2.26. The minimum atomic E-state index is -0.280. The Balaban J connectivity index is 2.19. The van der Waals surface area contributed by atoms with Crippen molar-refractivity contribution in [3.63, 3.8) is 0 Å². The quantitative estimate of drug-likeness (QED) is 0.786. The second-order valence-corrected chi connectivity index (χ2v) is 4.40. The van der Waals surface area contributed by atoms with Crippen LogP contribution in [-0.4, -0.2) is 12.4 Å². The Kier molecular flexibility index (Phi) is 3.17. The van der Waals surface area contributed by atoms with E-state index in [9.17, 15) is 9.18 Å². The van der Waals surface area contributed by atoms with Crippen molar-refractivity contribution >= 4 is 21.7 Å². The lowest BCUT2D eigenvalue weighted by atomic mass is 10.0. The molecule has 0 spiro atoms. The van der Waals surface area contributed by atoms with Crippen molar-refractivity contribution in [3.8, 4) is 0 Å². The highest BCUT2D eigenvalue weighted by atomic mass is 79.9. The number of ether oxygens (including phenoxy) is 1. The van der Waals surface area contributed by atoms with Gasteiger partial charge in [0.2, 0.25) is 0 Å². The predicted octanol–water partition coefficient (Wildman–Crippen LogP) is 3.01. The summed E-state index contributed by atoms with van der Waals surface area (Å²) < 4.78 is 18.9. The summed E-state index contributed by atoms with van der Waals surface area (Å²) in [6.45, 7) is 0.161. The first-order valence-electron chi connectivity index (χ1n) is 4.75. The highest BCUT2D eigenvalue weighted by molar-refractivity contribution is 9.10. The van der Waals surface area contributed by atoms with Gasteiger partial charge in [0.15, 0.2) is 5.78 Å². The summed E-state index contributed by atoms with van der Waals surface area (Å²) in [6, 6.07) is 4.51. The molecule has 1 aromatic rings. The Morgan fingerprint density at radius 2 is 2.27 bits per heavy atom. The topological polar surface area (TPSA) is 26.3 Å². The summed E-state index contributed by atoms with van der Waals surface area (Å²) in [5.74, 6) is -0.151. The fourth-order valence-electron chi connectivity index (χ4n) is 1.65. The van der Waals surface area contributed by atoms with Crippen LogP contribution in [0, 0.1) is 5.82 Å². The van der Waals surface area contributed by atoms with Crippen molar-refractivity contribution in [2.45, 2.75) is 18.9 Å². The van der Waals surface area contributed by atoms with E-state index in [2.05, 4.69) is 15.9 Å². The zero-order valence-electron chi connectivity index (χ0n) is 8.00. The molecular weight excluding hydrogens is 263 g/mol. The van der Waals surface area contributed by atoms with Crippen molar-refractivity contribution in [2.24, 2.45) is 0 Å². The van der Waals surface area contributed by atoms with E-state index in [1.807, 2.05) is 0 Å². The SMILES string of the molecule is O=C1CCC(c2ccc(F)cc2Br)OC1. The molecular formula is C11H10BrFO2. The van der Waals surface area contributed by atoms with Gasteiger partial charge in [0.25, 0.3) is 0 Å². The Bertz CT molecular complexity index is 382. The van der Waals surface area contributed by atoms with Gasteiger partial charge in [-0.05, 0) is 24.1 Å². The van der Waals surface area contributed by atoms with Crippen LogP contribution in [0.1, 0.15) is 24.5 Å². The van der Waals surface area contributed by atoms with Crippen LogP contribution in [0.5, 0.6) is 0 Å². The molecule has 1 atom stereocenters. The first kappa shape index (κ1) is 10.8. The van der Waals surface area contributed by atoms with Gasteiger partial charge in [-0.3, -0.25) is 4.79 Å². The summed E-state index contributed by atoms with van der Waals surface area (Å²) in [7, 11) is 0. The summed E-state index contributed by atoms with van der Waals surface area (Å²) in [4.78, 5) is 11.0. The van der Waals surface area contributed by atoms with Crippen molar-refractivity contribution in [1.82, 2.24) is 0 Å². The first-order chi connectivity index (χ1) is 7.16. The van der Waals surface area contributed by atoms with E-state index in [4.69, 9.17) is 4.74 Å². The molecule has 0 bridgehead atoms. The molecule has 0 aromatic heterocycles. The predicted molar refractivity (Wildman–Crippen MR) is 57.0 cm³/mol. The maximum Gasteiger partial charge on any atom is 0.158 e. The van der Waals surface area contributed by atoms with E-state index < -0.39 is 0 Å². The van der Waals surface area contributed by atoms with E-state index in [0.717, 1.165) is 5.56 Å². The lowest BCUT2D eigenvalue weighted by molar-refractivity contribution is -0.131. The third-order valence-corrected chi connectivity index (χ3v) is 3.13. The van der Waals surface area contributed by atoms with Crippen molar-refractivity contribution in [1.29, 1.82) is 0 Å². The maximum atomic E-state index is 12.9. The number of ketones is 1. The summed E-state index contributed by atoms with van der Waals surface area (Å²) in [6.07, 6.45) is 1.11. The molecule has 1 fully saturated rings. The minimum Gasteiger partial charge on any atom is -0.366 e. The number of rotatable bonds is 1. The highest BCUT2D eigenvalue weighted by Crippen LogP contribution is 2.32. The van der Waals surface area contributed by atoms with Crippen LogP contribution in [0.25, 0.3) is 0 Å². The van der Waals surface area contributed by atoms with Crippen LogP contribution in [0.4, 0.5) is 4.39 Å². The second kappa shape index (κ2) is 4.41. The van der Waals surface area contributed by atoms with Gasteiger partial charge in [-0.1, -0.05) is 22.0 Å². The number of benzene rings is 1. The van der Waals surface area contributed by atoms with Crippen LogP contribution < -0.4 is 0 Å². The van der Waals surface area contributed by atoms with Gasteiger partial charge in [0, 0.05) is 10.9 Å².